The third-order valence-corrected chi connectivity index (χ3v) is 2.46. The molecule has 86 valence electrons. The molecular formula is C8H10BrF3N2O. The quantitative estimate of drug-likeness (QED) is 0.908. The second kappa shape index (κ2) is 4.13. The van der Waals surface area contributed by atoms with Crippen LogP contribution >= 0.6 is 15.9 Å². The van der Waals surface area contributed by atoms with Gasteiger partial charge in [0.15, 0.2) is 6.10 Å². The van der Waals surface area contributed by atoms with E-state index in [0.29, 0.717) is 0 Å². The van der Waals surface area contributed by atoms with Crippen LogP contribution in [0.25, 0.3) is 0 Å². The molecule has 0 spiro atoms. The molecule has 0 fully saturated rings. The molecule has 0 aromatic carbocycles. The molecule has 0 radical (unpaired) electrons. The summed E-state index contributed by atoms with van der Waals surface area (Å²) in [6.45, 7) is 3.37. The molecule has 0 saturated carbocycles. The number of alkyl halides is 3. The lowest BCUT2D eigenvalue weighted by Gasteiger charge is -2.18. The van der Waals surface area contributed by atoms with Crippen LogP contribution in [0.4, 0.5) is 13.2 Å². The zero-order valence-electron chi connectivity index (χ0n) is 8.09. The van der Waals surface area contributed by atoms with E-state index in [1.54, 1.807) is 13.8 Å². The van der Waals surface area contributed by atoms with E-state index in [9.17, 15) is 13.2 Å². The zero-order valence-corrected chi connectivity index (χ0v) is 9.67. The Morgan fingerprint density at radius 3 is 2.40 bits per heavy atom. The molecule has 1 atom stereocenters. The minimum absolute atomic E-state index is 0.154. The summed E-state index contributed by atoms with van der Waals surface area (Å²) >= 11 is 2.94. The second-order valence-electron chi connectivity index (χ2n) is 3.36. The molecule has 1 N–H and O–H groups in total. The molecule has 1 heterocycles. The maximum absolute atomic E-state index is 12.3. The van der Waals surface area contributed by atoms with Crippen molar-refractivity contribution in [3.8, 4) is 0 Å². The third-order valence-electron chi connectivity index (χ3n) is 1.85. The fourth-order valence-electron chi connectivity index (χ4n) is 1.17. The first-order chi connectivity index (χ1) is 6.75. The molecule has 0 bridgehead atoms. The van der Waals surface area contributed by atoms with Crippen molar-refractivity contribution in [3.63, 3.8) is 0 Å². The number of aliphatic hydroxyl groups excluding tert-OH is 1. The van der Waals surface area contributed by atoms with E-state index in [1.165, 1.54) is 6.20 Å². The largest absolute Gasteiger partial charge is 0.420 e. The molecule has 0 aliphatic heterocycles. The minimum atomic E-state index is -4.69. The summed E-state index contributed by atoms with van der Waals surface area (Å²) in [5.41, 5.74) is -0.266. The first-order valence-corrected chi connectivity index (χ1v) is 5.02. The van der Waals surface area contributed by atoms with Crippen molar-refractivity contribution in [1.29, 1.82) is 0 Å². The summed E-state index contributed by atoms with van der Waals surface area (Å²) in [5, 5.41) is 12.9. The van der Waals surface area contributed by atoms with Gasteiger partial charge in [0.05, 0.1) is 16.4 Å². The normalized spacial score (nSPS) is 14.7. The van der Waals surface area contributed by atoms with Crippen LogP contribution in [-0.4, -0.2) is 21.1 Å². The van der Waals surface area contributed by atoms with Gasteiger partial charge in [-0.15, -0.1) is 0 Å². The summed E-state index contributed by atoms with van der Waals surface area (Å²) in [6.07, 6.45) is -5.96. The molecule has 7 heteroatoms. The lowest BCUT2D eigenvalue weighted by molar-refractivity contribution is -0.209. The third kappa shape index (κ3) is 2.52. The van der Waals surface area contributed by atoms with Crippen LogP contribution in [0.5, 0.6) is 0 Å². The Morgan fingerprint density at radius 2 is 2.00 bits per heavy atom. The van der Waals surface area contributed by atoms with Crippen LogP contribution in [0, 0.1) is 0 Å². The summed E-state index contributed by atoms with van der Waals surface area (Å²) in [5.74, 6) is 0. The van der Waals surface area contributed by atoms with Gasteiger partial charge in [0.2, 0.25) is 0 Å². The number of aromatic nitrogens is 2. The number of halogens is 4. The molecule has 0 saturated heterocycles. The maximum atomic E-state index is 12.3. The van der Waals surface area contributed by atoms with E-state index in [-0.39, 0.29) is 16.2 Å². The summed E-state index contributed by atoms with van der Waals surface area (Å²) in [6, 6.07) is -0.247. The van der Waals surface area contributed by atoms with Gasteiger partial charge in [-0.3, -0.25) is 4.68 Å². The van der Waals surface area contributed by atoms with Gasteiger partial charge in [0.25, 0.3) is 0 Å². The number of hydrogen-bond acceptors (Lipinski definition) is 2. The Balaban J connectivity index is 3.18. The van der Waals surface area contributed by atoms with Crippen molar-refractivity contribution in [2.75, 3.05) is 0 Å². The van der Waals surface area contributed by atoms with Crippen LogP contribution in [0.15, 0.2) is 10.7 Å². The zero-order chi connectivity index (χ0) is 11.8. The fraction of sp³-hybridized carbons (Fsp3) is 0.625. The average Bonchev–Trinajstić information content (AvgIpc) is 2.44. The lowest BCUT2D eigenvalue weighted by Crippen LogP contribution is -2.24. The first-order valence-electron chi connectivity index (χ1n) is 4.22. The minimum Gasteiger partial charge on any atom is -0.378 e. The molecule has 3 nitrogen and oxygen atoms in total. The molecule has 1 aromatic rings. The van der Waals surface area contributed by atoms with E-state index in [4.69, 9.17) is 5.11 Å². The van der Waals surface area contributed by atoms with Crippen LogP contribution < -0.4 is 0 Å². The smallest absolute Gasteiger partial charge is 0.378 e. The van der Waals surface area contributed by atoms with Crippen LogP contribution in [0.2, 0.25) is 0 Å². The van der Waals surface area contributed by atoms with Gasteiger partial charge < -0.3 is 5.11 Å². The molecule has 1 aromatic heterocycles. The summed E-state index contributed by atoms with van der Waals surface area (Å²) < 4.78 is 38.3. The van der Waals surface area contributed by atoms with Crippen molar-refractivity contribution in [1.82, 2.24) is 9.78 Å². The molecular weight excluding hydrogens is 277 g/mol. The van der Waals surface area contributed by atoms with E-state index in [1.807, 2.05) is 0 Å². The Labute approximate surface area is 93.0 Å². The monoisotopic (exact) mass is 286 g/mol. The number of aliphatic hydroxyl groups is 1. The van der Waals surface area contributed by atoms with E-state index in [0.717, 1.165) is 4.68 Å². The van der Waals surface area contributed by atoms with Gasteiger partial charge in [-0.25, -0.2) is 0 Å². The average molecular weight is 287 g/mol. The SMILES string of the molecule is CC(C)n1ncc(Br)c1C(O)C(F)(F)F. The maximum Gasteiger partial charge on any atom is 0.420 e. The van der Waals surface area contributed by atoms with E-state index >= 15 is 0 Å². The molecule has 15 heavy (non-hydrogen) atoms. The van der Waals surface area contributed by atoms with Crippen molar-refractivity contribution in [3.05, 3.63) is 16.4 Å². The fourth-order valence-corrected chi connectivity index (χ4v) is 1.66. The molecule has 0 aliphatic rings. The van der Waals surface area contributed by atoms with Crippen LogP contribution in [0.3, 0.4) is 0 Å². The predicted octanol–water partition coefficient (Wildman–Crippen LogP) is 2.82. The van der Waals surface area contributed by atoms with Crippen molar-refractivity contribution in [2.45, 2.75) is 32.2 Å². The van der Waals surface area contributed by atoms with E-state index < -0.39 is 12.3 Å². The van der Waals surface area contributed by atoms with Crippen LogP contribution in [-0.2, 0) is 0 Å². The molecule has 1 unspecified atom stereocenters. The highest BCUT2D eigenvalue weighted by molar-refractivity contribution is 9.10. The number of rotatable bonds is 2. The van der Waals surface area contributed by atoms with Crippen LogP contribution in [0.1, 0.15) is 31.7 Å². The van der Waals surface area contributed by atoms with Gasteiger partial charge in [0, 0.05) is 6.04 Å². The highest BCUT2D eigenvalue weighted by Gasteiger charge is 2.42. The predicted molar refractivity (Wildman–Crippen MR) is 51.3 cm³/mol. The Hall–Kier alpha value is -0.560. The second-order valence-corrected chi connectivity index (χ2v) is 4.21. The van der Waals surface area contributed by atoms with E-state index in [2.05, 4.69) is 21.0 Å². The van der Waals surface area contributed by atoms with Gasteiger partial charge in [-0.2, -0.15) is 18.3 Å². The summed E-state index contributed by atoms with van der Waals surface area (Å²) in [7, 11) is 0. The van der Waals surface area contributed by atoms with Gasteiger partial charge >= 0.3 is 6.18 Å². The van der Waals surface area contributed by atoms with Gasteiger partial charge in [-0.05, 0) is 29.8 Å². The van der Waals surface area contributed by atoms with Gasteiger partial charge in [0.1, 0.15) is 0 Å². The molecule has 0 amide bonds. The highest BCUT2D eigenvalue weighted by Crippen LogP contribution is 2.36. The molecule has 1 rings (SSSR count). The first kappa shape index (κ1) is 12.5. The standard InChI is InChI=1S/C8H10BrF3N2O/c1-4(2)14-6(5(9)3-13-14)7(15)8(10,11)12/h3-4,7,15H,1-2H3. The lowest BCUT2D eigenvalue weighted by atomic mass is 10.2. The highest BCUT2D eigenvalue weighted by atomic mass is 79.9. The Morgan fingerprint density at radius 1 is 1.47 bits per heavy atom. The molecule has 0 aliphatic carbocycles. The Bertz CT molecular complexity index is 348. The van der Waals surface area contributed by atoms with Crippen molar-refractivity contribution in [2.24, 2.45) is 0 Å². The number of nitrogens with zero attached hydrogens (tertiary/aromatic N) is 2. The van der Waals surface area contributed by atoms with Gasteiger partial charge in [-0.1, -0.05) is 0 Å². The topological polar surface area (TPSA) is 38.0 Å². The number of hydrogen-bond donors (Lipinski definition) is 1. The van der Waals surface area contributed by atoms with Crippen molar-refractivity contribution >= 4 is 15.9 Å². The summed E-state index contributed by atoms with van der Waals surface area (Å²) in [4.78, 5) is 0. The Kier molecular flexibility index (Phi) is 3.44. The van der Waals surface area contributed by atoms with Crippen molar-refractivity contribution < 1.29 is 18.3 Å².